The van der Waals surface area contributed by atoms with Crippen LogP contribution in [0.15, 0.2) is 48.5 Å². The Labute approximate surface area is 104 Å². The second kappa shape index (κ2) is 3.81. The predicted octanol–water partition coefficient (Wildman–Crippen LogP) is 2.56. The van der Waals surface area contributed by atoms with Crippen LogP contribution < -0.4 is 0 Å². The number of aromatic hydroxyl groups is 1. The number of ketones is 2. The molecule has 1 atom stereocenters. The van der Waals surface area contributed by atoms with E-state index in [0.717, 1.165) is 0 Å². The third kappa shape index (κ3) is 1.37. The van der Waals surface area contributed by atoms with Crippen molar-refractivity contribution >= 4 is 11.6 Å². The molecule has 88 valence electrons. The molecule has 0 amide bonds. The normalized spacial score (nSPS) is 17.9. The van der Waals surface area contributed by atoms with E-state index in [1.54, 1.807) is 36.4 Å². The molecule has 2 aromatic rings. The Balaban J connectivity index is 2.17. The molecule has 1 N–H and O–H groups in total. The highest BCUT2D eigenvalue weighted by Crippen LogP contribution is 2.37. The fourth-order valence-corrected chi connectivity index (χ4v) is 2.37. The molecule has 1 aliphatic rings. The van der Waals surface area contributed by atoms with Gasteiger partial charge in [-0.25, -0.2) is 0 Å². The minimum absolute atomic E-state index is 0.121. The molecular formula is C15H10O3. The van der Waals surface area contributed by atoms with Crippen LogP contribution >= 0.6 is 0 Å². The SMILES string of the molecule is O=C1c2cccc(O)c2C(=O)C1c1ccccc1. The smallest absolute Gasteiger partial charge is 0.182 e. The number of hydrogen-bond acceptors (Lipinski definition) is 3. The van der Waals surface area contributed by atoms with Gasteiger partial charge in [0.1, 0.15) is 11.7 Å². The average molecular weight is 238 g/mol. The summed E-state index contributed by atoms with van der Waals surface area (Å²) in [5.74, 6) is -1.49. The standard InChI is InChI=1S/C15H10O3/c16-11-8-4-7-10-13(11)15(18)12(14(10)17)9-5-2-1-3-6-9/h1-8,12,16H. The molecule has 2 aromatic carbocycles. The molecule has 1 aliphatic carbocycles. The first kappa shape index (κ1) is 10.7. The third-order valence-corrected chi connectivity index (χ3v) is 3.21. The van der Waals surface area contributed by atoms with Crippen molar-refractivity contribution in [3.8, 4) is 5.75 Å². The quantitative estimate of drug-likeness (QED) is 0.777. The van der Waals surface area contributed by atoms with Gasteiger partial charge in [-0.15, -0.1) is 0 Å². The molecule has 0 saturated carbocycles. The third-order valence-electron chi connectivity index (χ3n) is 3.21. The van der Waals surface area contributed by atoms with Crippen LogP contribution in [0.25, 0.3) is 0 Å². The summed E-state index contributed by atoms with van der Waals surface area (Å²) in [6.45, 7) is 0. The second-order valence-corrected chi connectivity index (χ2v) is 4.27. The number of phenolic OH excluding ortho intramolecular Hbond substituents is 1. The largest absolute Gasteiger partial charge is 0.507 e. The Hall–Kier alpha value is -2.42. The van der Waals surface area contributed by atoms with Gasteiger partial charge < -0.3 is 5.11 Å². The molecule has 3 heteroatoms. The van der Waals surface area contributed by atoms with Crippen LogP contribution in [-0.2, 0) is 0 Å². The van der Waals surface area contributed by atoms with Crippen molar-refractivity contribution in [2.45, 2.75) is 5.92 Å². The summed E-state index contributed by atoms with van der Waals surface area (Å²) in [6, 6.07) is 13.5. The minimum Gasteiger partial charge on any atom is -0.507 e. The van der Waals surface area contributed by atoms with E-state index >= 15 is 0 Å². The van der Waals surface area contributed by atoms with Crippen molar-refractivity contribution in [3.63, 3.8) is 0 Å². The van der Waals surface area contributed by atoms with Crippen LogP contribution in [0.5, 0.6) is 5.75 Å². The first-order valence-corrected chi connectivity index (χ1v) is 5.65. The summed E-state index contributed by atoms with van der Waals surface area (Å²) < 4.78 is 0. The highest BCUT2D eigenvalue weighted by molar-refractivity contribution is 6.30. The van der Waals surface area contributed by atoms with Gasteiger partial charge in [0, 0.05) is 5.56 Å². The fourth-order valence-electron chi connectivity index (χ4n) is 2.37. The number of Topliss-reactive ketones (excluding diaryl/α,β-unsaturated/α-hetero) is 2. The van der Waals surface area contributed by atoms with Crippen molar-refractivity contribution in [1.82, 2.24) is 0 Å². The van der Waals surface area contributed by atoms with Crippen molar-refractivity contribution in [3.05, 3.63) is 65.2 Å². The molecule has 0 aromatic heterocycles. The Kier molecular flexibility index (Phi) is 2.27. The molecule has 0 spiro atoms. The topological polar surface area (TPSA) is 54.4 Å². The van der Waals surface area contributed by atoms with E-state index in [2.05, 4.69) is 0 Å². The number of carbonyl (C=O) groups excluding carboxylic acids is 2. The maximum Gasteiger partial charge on any atom is 0.182 e. The zero-order valence-electron chi connectivity index (χ0n) is 9.46. The number of hydrogen-bond donors (Lipinski definition) is 1. The number of carbonyl (C=O) groups is 2. The van der Waals surface area contributed by atoms with Gasteiger partial charge in [0.05, 0.1) is 5.56 Å². The molecule has 0 fully saturated rings. The summed E-state index contributed by atoms with van der Waals surface area (Å²) in [5, 5.41) is 9.71. The highest BCUT2D eigenvalue weighted by Gasteiger charge is 2.41. The lowest BCUT2D eigenvalue weighted by Crippen LogP contribution is -2.12. The van der Waals surface area contributed by atoms with Gasteiger partial charge in [-0.2, -0.15) is 0 Å². The van der Waals surface area contributed by atoms with Crippen molar-refractivity contribution in [1.29, 1.82) is 0 Å². The molecule has 3 nitrogen and oxygen atoms in total. The molecule has 0 bridgehead atoms. The molecule has 0 saturated heterocycles. The van der Waals surface area contributed by atoms with Gasteiger partial charge in [-0.1, -0.05) is 42.5 Å². The molecule has 3 rings (SSSR count). The molecule has 1 unspecified atom stereocenters. The van der Waals surface area contributed by atoms with Crippen molar-refractivity contribution < 1.29 is 14.7 Å². The van der Waals surface area contributed by atoms with Crippen molar-refractivity contribution in [2.24, 2.45) is 0 Å². The van der Waals surface area contributed by atoms with Crippen LogP contribution in [0.1, 0.15) is 32.2 Å². The lowest BCUT2D eigenvalue weighted by atomic mass is 9.94. The Morgan fingerprint density at radius 3 is 2.22 bits per heavy atom. The molecular weight excluding hydrogens is 228 g/mol. The fraction of sp³-hybridized carbons (Fsp3) is 0.0667. The molecule has 18 heavy (non-hydrogen) atoms. The molecule has 0 radical (unpaired) electrons. The van der Waals surface area contributed by atoms with Gasteiger partial charge in [0.2, 0.25) is 0 Å². The summed E-state index contributed by atoms with van der Waals surface area (Å²) in [4.78, 5) is 24.5. The van der Waals surface area contributed by atoms with E-state index in [1.165, 1.54) is 6.07 Å². The molecule has 0 aliphatic heterocycles. The van der Waals surface area contributed by atoms with E-state index < -0.39 is 5.92 Å². The average Bonchev–Trinajstić information content (AvgIpc) is 2.64. The van der Waals surface area contributed by atoms with Gasteiger partial charge in [0.15, 0.2) is 11.6 Å². The van der Waals surface area contributed by atoms with E-state index in [0.29, 0.717) is 11.1 Å². The summed E-state index contributed by atoms with van der Waals surface area (Å²) >= 11 is 0. The van der Waals surface area contributed by atoms with Crippen LogP contribution in [0.4, 0.5) is 0 Å². The second-order valence-electron chi connectivity index (χ2n) is 4.27. The Morgan fingerprint density at radius 2 is 1.56 bits per heavy atom. The van der Waals surface area contributed by atoms with Gasteiger partial charge >= 0.3 is 0 Å². The van der Waals surface area contributed by atoms with Gasteiger partial charge in [-0.05, 0) is 11.6 Å². The zero-order chi connectivity index (χ0) is 12.7. The number of fused-ring (bicyclic) bond motifs is 1. The number of rotatable bonds is 1. The lowest BCUT2D eigenvalue weighted by Gasteiger charge is -2.06. The number of phenols is 1. The summed E-state index contributed by atoms with van der Waals surface area (Å²) in [5.41, 5.74) is 1.13. The van der Waals surface area contributed by atoms with Crippen molar-refractivity contribution in [2.75, 3.05) is 0 Å². The van der Waals surface area contributed by atoms with Crippen LogP contribution in [-0.4, -0.2) is 16.7 Å². The number of benzene rings is 2. The van der Waals surface area contributed by atoms with E-state index in [9.17, 15) is 14.7 Å². The van der Waals surface area contributed by atoms with E-state index in [1.807, 2.05) is 6.07 Å². The first-order valence-electron chi connectivity index (χ1n) is 5.65. The zero-order valence-corrected chi connectivity index (χ0v) is 9.46. The van der Waals surface area contributed by atoms with Crippen LogP contribution in [0.3, 0.4) is 0 Å². The lowest BCUT2D eigenvalue weighted by molar-refractivity contribution is 0.0889. The monoisotopic (exact) mass is 238 g/mol. The highest BCUT2D eigenvalue weighted by atomic mass is 16.3. The van der Waals surface area contributed by atoms with E-state index in [4.69, 9.17) is 0 Å². The van der Waals surface area contributed by atoms with Crippen LogP contribution in [0.2, 0.25) is 0 Å². The van der Waals surface area contributed by atoms with Gasteiger partial charge in [-0.3, -0.25) is 9.59 Å². The maximum atomic E-state index is 12.2. The minimum atomic E-state index is -0.811. The van der Waals surface area contributed by atoms with E-state index in [-0.39, 0.29) is 22.9 Å². The predicted molar refractivity (Wildman–Crippen MR) is 66.0 cm³/mol. The van der Waals surface area contributed by atoms with Crippen LogP contribution in [0, 0.1) is 0 Å². The Bertz CT molecular complexity index is 644. The summed E-state index contributed by atoms with van der Waals surface area (Å²) in [6.07, 6.45) is 0. The summed E-state index contributed by atoms with van der Waals surface area (Å²) in [7, 11) is 0. The Morgan fingerprint density at radius 1 is 0.833 bits per heavy atom. The van der Waals surface area contributed by atoms with Gasteiger partial charge in [0.25, 0.3) is 0 Å². The molecule has 0 heterocycles. The first-order chi connectivity index (χ1) is 8.70. The maximum absolute atomic E-state index is 12.2.